The molecule has 0 aliphatic rings. The Morgan fingerprint density at radius 3 is 2.89 bits per heavy atom. The maximum Gasteiger partial charge on any atom is 0.110 e. The third-order valence-corrected chi connectivity index (χ3v) is 3.39. The second-order valence-electron chi connectivity index (χ2n) is 4.33. The Labute approximate surface area is 117 Å². The van der Waals surface area contributed by atoms with Crippen molar-refractivity contribution >= 4 is 17.3 Å². The maximum absolute atomic E-state index is 5.99. The highest BCUT2D eigenvalue weighted by Crippen LogP contribution is 2.25. The van der Waals surface area contributed by atoms with Gasteiger partial charge in [0.25, 0.3) is 0 Å². The lowest BCUT2D eigenvalue weighted by molar-refractivity contribution is 0.524. The van der Waals surface area contributed by atoms with Crippen LogP contribution in [0.15, 0.2) is 30.6 Å². The van der Waals surface area contributed by atoms with Crippen LogP contribution in [0.1, 0.15) is 24.4 Å². The number of nitrogen functional groups attached to an aromatic ring is 1. The van der Waals surface area contributed by atoms with Gasteiger partial charge in [-0.2, -0.15) is 0 Å². The number of nitrogens with two attached hydrogens (primary N) is 2. The number of benzene rings is 1. The highest BCUT2D eigenvalue weighted by atomic mass is 35.5. The fraction of sp³-hybridized carbons (Fsp3) is 0.308. The number of nitrogens with one attached hydrogen (secondary N) is 1. The van der Waals surface area contributed by atoms with Crippen LogP contribution in [0.25, 0.3) is 0 Å². The summed E-state index contributed by atoms with van der Waals surface area (Å²) >= 11 is 5.91. The van der Waals surface area contributed by atoms with E-state index in [0.717, 1.165) is 17.9 Å². The van der Waals surface area contributed by atoms with E-state index in [1.54, 1.807) is 12.3 Å². The van der Waals surface area contributed by atoms with Crippen molar-refractivity contribution in [1.82, 2.24) is 15.0 Å². The Morgan fingerprint density at radius 2 is 2.26 bits per heavy atom. The van der Waals surface area contributed by atoms with Crippen molar-refractivity contribution in [2.45, 2.75) is 25.9 Å². The first kappa shape index (κ1) is 13.9. The van der Waals surface area contributed by atoms with Crippen molar-refractivity contribution in [2.24, 2.45) is 5.84 Å². The molecule has 0 bridgehead atoms. The van der Waals surface area contributed by atoms with Crippen LogP contribution in [0.4, 0.5) is 5.69 Å². The van der Waals surface area contributed by atoms with Gasteiger partial charge in [-0.05, 0) is 24.6 Å². The molecule has 0 aliphatic carbocycles. The Balaban J connectivity index is 2.25. The second-order valence-corrected chi connectivity index (χ2v) is 4.76. The van der Waals surface area contributed by atoms with E-state index in [9.17, 15) is 0 Å². The molecular weight excluding hydrogens is 262 g/mol. The fourth-order valence-electron chi connectivity index (χ4n) is 2.12. The van der Waals surface area contributed by atoms with Crippen LogP contribution in [0.5, 0.6) is 0 Å². The van der Waals surface area contributed by atoms with E-state index < -0.39 is 0 Å². The van der Waals surface area contributed by atoms with E-state index >= 15 is 0 Å². The topological polar surface area (TPSA) is 81.9 Å². The number of rotatable bonds is 5. The minimum absolute atomic E-state index is 0.0926. The molecule has 0 saturated carbocycles. The molecule has 1 unspecified atom stereocenters. The van der Waals surface area contributed by atoms with Gasteiger partial charge in [-0.15, -0.1) is 0 Å². The smallest absolute Gasteiger partial charge is 0.110 e. The van der Waals surface area contributed by atoms with E-state index in [4.69, 9.17) is 23.2 Å². The first-order valence-electron chi connectivity index (χ1n) is 6.16. The molecular formula is C13H18ClN5. The summed E-state index contributed by atoms with van der Waals surface area (Å²) in [7, 11) is 0. The average molecular weight is 280 g/mol. The molecule has 5 N–H and O–H groups in total. The minimum Gasteiger partial charge on any atom is -0.398 e. The molecule has 2 aromatic rings. The fourth-order valence-corrected chi connectivity index (χ4v) is 2.30. The summed E-state index contributed by atoms with van der Waals surface area (Å²) < 4.78 is 2.08. The van der Waals surface area contributed by atoms with Gasteiger partial charge < -0.3 is 10.3 Å². The summed E-state index contributed by atoms with van der Waals surface area (Å²) in [6.45, 7) is 2.95. The molecule has 6 heteroatoms. The van der Waals surface area contributed by atoms with Crippen LogP contribution in [0.2, 0.25) is 5.02 Å². The number of hydrogen-bond acceptors (Lipinski definition) is 4. The number of aromatic nitrogens is 2. The summed E-state index contributed by atoms with van der Waals surface area (Å²) in [6.07, 6.45) is 4.41. The number of halogens is 1. The van der Waals surface area contributed by atoms with Gasteiger partial charge in [0.15, 0.2) is 0 Å². The molecule has 1 heterocycles. The van der Waals surface area contributed by atoms with Crippen LogP contribution >= 0.6 is 11.6 Å². The van der Waals surface area contributed by atoms with Crippen molar-refractivity contribution in [1.29, 1.82) is 0 Å². The van der Waals surface area contributed by atoms with Crippen LogP contribution in [0, 0.1) is 0 Å². The monoisotopic (exact) mass is 279 g/mol. The van der Waals surface area contributed by atoms with Crippen LogP contribution in [-0.4, -0.2) is 9.55 Å². The zero-order valence-corrected chi connectivity index (χ0v) is 11.6. The number of anilines is 1. The predicted molar refractivity (Wildman–Crippen MR) is 77.5 cm³/mol. The van der Waals surface area contributed by atoms with E-state index in [0.29, 0.717) is 17.1 Å². The first-order valence-corrected chi connectivity index (χ1v) is 6.54. The van der Waals surface area contributed by atoms with E-state index in [1.807, 2.05) is 18.3 Å². The molecule has 0 aliphatic heterocycles. The van der Waals surface area contributed by atoms with Gasteiger partial charge in [-0.25, -0.2) is 4.98 Å². The lowest BCUT2D eigenvalue weighted by atomic mass is 10.0. The van der Waals surface area contributed by atoms with E-state index in [-0.39, 0.29) is 6.04 Å². The highest BCUT2D eigenvalue weighted by Gasteiger charge is 2.16. The lowest BCUT2D eigenvalue weighted by Crippen LogP contribution is -2.31. The van der Waals surface area contributed by atoms with Crippen molar-refractivity contribution in [2.75, 3.05) is 5.73 Å². The predicted octanol–water partition coefficient (Wildman–Crippen LogP) is 1.89. The largest absolute Gasteiger partial charge is 0.398 e. The molecule has 0 spiro atoms. The molecule has 19 heavy (non-hydrogen) atoms. The van der Waals surface area contributed by atoms with Gasteiger partial charge in [0, 0.05) is 36.1 Å². The van der Waals surface area contributed by atoms with Crippen LogP contribution in [-0.2, 0) is 13.0 Å². The van der Waals surface area contributed by atoms with Crippen molar-refractivity contribution < 1.29 is 0 Å². The van der Waals surface area contributed by atoms with Gasteiger partial charge in [0.1, 0.15) is 5.82 Å². The van der Waals surface area contributed by atoms with Crippen LogP contribution in [0.3, 0.4) is 0 Å². The Bertz CT molecular complexity index is 552. The molecule has 0 fully saturated rings. The normalized spacial score (nSPS) is 12.6. The average Bonchev–Trinajstić information content (AvgIpc) is 2.84. The second kappa shape index (κ2) is 6.06. The number of imidazole rings is 1. The molecule has 5 nitrogen and oxygen atoms in total. The van der Waals surface area contributed by atoms with Gasteiger partial charge >= 0.3 is 0 Å². The number of aryl methyl sites for hydroxylation is 1. The van der Waals surface area contributed by atoms with Gasteiger partial charge in [0.05, 0.1) is 6.04 Å². The summed E-state index contributed by atoms with van der Waals surface area (Å²) in [5.41, 5.74) is 10.3. The molecule has 0 radical (unpaired) electrons. The highest BCUT2D eigenvalue weighted by molar-refractivity contribution is 6.30. The molecule has 0 amide bonds. The first-order chi connectivity index (χ1) is 9.15. The molecule has 0 saturated heterocycles. The molecule has 1 aromatic carbocycles. The third kappa shape index (κ3) is 3.07. The summed E-state index contributed by atoms with van der Waals surface area (Å²) in [5.74, 6) is 6.62. The standard InChI is InChI=1S/C13H18ClN5/c1-2-19-6-5-17-13(19)8-12(18-16)10-4-3-9(14)7-11(10)15/h3-7,12,18H,2,8,15-16H2,1H3. The Hall–Kier alpha value is -1.56. The molecule has 2 rings (SSSR count). The van der Waals surface area contributed by atoms with Crippen LogP contribution < -0.4 is 17.0 Å². The summed E-state index contributed by atoms with van der Waals surface area (Å²) in [5, 5.41) is 0.618. The van der Waals surface area contributed by atoms with E-state index in [2.05, 4.69) is 21.9 Å². The molecule has 1 aromatic heterocycles. The Kier molecular flexibility index (Phi) is 4.42. The maximum atomic E-state index is 5.99. The number of hydrazine groups is 1. The zero-order valence-electron chi connectivity index (χ0n) is 10.8. The minimum atomic E-state index is -0.0926. The lowest BCUT2D eigenvalue weighted by Gasteiger charge is -2.18. The number of hydrogen-bond donors (Lipinski definition) is 3. The van der Waals surface area contributed by atoms with Crippen molar-refractivity contribution in [3.05, 3.63) is 47.0 Å². The van der Waals surface area contributed by atoms with Gasteiger partial charge in [-0.1, -0.05) is 17.7 Å². The molecule has 102 valence electrons. The van der Waals surface area contributed by atoms with Gasteiger partial charge in [0.2, 0.25) is 0 Å². The van der Waals surface area contributed by atoms with E-state index in [1.165, 1.54) is 0 Å². The van der Waals surface area contributed by atoms with Crippen molar-refractivity contribution in [3.63, 3.8) is 0 Å². The SMILES string of the molecule is CCn1ccnc1CC(NN)c1ccc(Cl)cc1N. The quantitative estimate of drug-likeness (QED) is 0.443. The zero-order chi connectivity index (χ0) is 13.8. The summed E-state index contributed by atoms with van der Waals surface area (Å²) in [6, 6.07) is 5.34. The summed E-state index contributed by atoms with van der Waals surface area (Å²) in [4.78, 5) is 4.35. The third-order valence-electron chi connectivity index (χ3n) is 3.15. The molecule has 1 atom stereocenters. The number of nitrogens with zero attached hydrogens (tertiary/aromatic N) is 2. The Morgan fingerprint density at radius 1 is 1.47 bits per heavy atom. The van der Waals surface area contributed by atoms with Crippen molar-refractivity contribution in [3.8, 4) is 0 Å². The van der Waals surface area contributed by atoms with Gasteiger partial charge in [-0.3, -0.25) is 11.3 Å².